The van der Waals surface area contributed by atoms with Gasteiger partial charge in [0.05, 0.1) is 23.9 Å². The Labute approximate surface area is 236 Å². The van der Waals surface area contributed by atoms with Crippen molar-refractivity contribution < 1.29 is 27.2 Å². The minimum atomic E-state index is -4.98. The predicted molar refractivity (Wildman–Crippen MR) is 150 cm³/mol. The highest BCUT2D eigenvalue weighted by Gasteiger charge is 2.57. The smallest absolute Gasteiger partial charge is 0.369 e. The number of hydrogen-bond donors (Lipinski definition) is 4. The second-order valence-electron chi connectivity index (χ2n) is 10.4. The third-order valence-electron chi connectivity index (χ3n) is 6.90. The number of carbonyl (C=O) groups is 2. The first kappa shape index (κ1) is 31.5. The second kappa shape index (κ2) is 12.2. The van der Waals surface area contributed by atoms with E-state index in [2.05, 4.69) is 22.5 Å². The van der Waals surface area contributed by atoms with Crippen molar-refractivity contribution in [3.05, 3.63) is 59.7 Å². The monoisotopic (exact) mass is 578 g/mol. The average Bonchev–Trinajstić information content (AvgIpc) is 3.69. The van der Waals surface area contributed by atoms with Gasteiger partial charge in [-0.2, -0.15) is 24.9 Å². The van der Waals surface area contributed by atoms with Crippen LogP contribution in [0.15, 0.2) is 48.5 Å². The van der Waals surface area contributed by atoms with E-state index in [0.29, 0.717) is 18.4 Å². The molecule has 6 nitrogen and oxygen atoms in total. The molecule has 2 aromatic rings. The van der Waals surface area contributed by atoms with Crippen LogP contribution in [0, 0.1) is 11.8 Å². The van der Waals surface area contributed by atoms with Gasteiger partial charge < -0.3 is 16.8 Å². The highest BCUT2D eigenvalue weighted by Crippen LogP contribution is 2.48. The summed E-state index contributed by atoms with van der Waals surface area (Å²) in [4.78, 5) is 24.5. The summed E-state index contributed by atoms with van der Waals surface area (Å²) >= 11 is 1.25. The van der Waals surface area contributed by atoms with E-state index < -0.39 is 41.2 Å². The topological polar surface area (TPSA) is 110 Å². The van der Waals surface area contributed by atoms with Crippen molar-refractivity contribution in [1.82, 2.24) is 10.6 Å². The summed E-state index contributed by atoms with van der Waals surface area (Å²) in [6.45, 7) is 2.04. The van der Waals surface area contributed by atoms with Crippen molar-refractivity contribution in [1.29, 1.82) is 0 Å². The van der Waals surface area contributed by atoms with E-state index in [1.54, 1.807) is 30.5 Å². The van der Waals surface area contributed by atoms with Crippen LogP contribution < -0.4 is 22.1 Å². The van der Waals surface area contributed by atoms with Gasteiger partial charge in [-0.1, -0.05) is 60.4 Å². The zero-order chi connectivity index (χ0) is 29.8. The third-order valence-corrected chi connectivity index (χ3v) is 7.33. The Bertz CT molecular complexity index is 1260. The number of alkyl halides is 4. The second-order valence-corrected chi connectivity index (χ2v) is 11.3. The van der Waals surface area contributed by atoms with Crippen molar-refractivity contribution in [2.45, 2.75) is 62.0 Å². The molecule has 0 unspecified atom stereocenters. The molecular weight excluding hydrogens is 544 g/mol. The van der Waals surface area contributed by atoms with Crippen LogP contribution in [-0.4, -0.2) is 48.4 Å². The van der Waals surface area contributed by atoms with Crippen LogP contribution in [-0.2, 0) is 20.5 Å². The zero-order valence-corrected chi connectivity index (χ0v) is 23.4. The van der Waals surface area contributed by atoms with E-state index in [9.17, 15) is 27.2 Å². The van der Waals surface area contributed by atoms with Crippen LogP contribution in [0.3, 0.4) is 0 Å². The Morgan fingerprint density at radius 3 is 2.00 bits per heavy atom. The maximum Gasteiger partial charge on any atom is 0.422 e. The zero-order valence-electron chi connectivity index (χ0n) is 22.6. The van der Waals surface area contributed by atoms with Crippen LogP contribution >= 0.6 is 11.8 Å². The molecule has 0 radical (unpaired) electrons. The van der Waals surface area contributed by atoms with Gasteiger partial charge in [0.15, 0.2) is 0 Å². The maximum atomic E-state index is 14.9. The van der Waals surface area contributed by atoms with Gasteiger partial charge in [0, 0.05) is 6.42 Å². The molecule has 2 atom stereocenters. The van der Waals surface area contributed by atoms with Gasteiger partial charge in [-0.05, 0) is 55.2 Å². The van der Waals surface area contributed by atoms with E-state index in [1.165, 1.54) is 49.9 Å². The Hall–Kier alpha value is -3.07. The average molecular weight is 579 g/mol. The summed E-state index contributed by atoms with van der Waals surface area (Å²) < 4.78 is 59.4. The number of primary amides is 1. The summed E-state index contributed by atoms with van der Waals surface area (Å²) in [6.07, 6.45) is -2.45. The molecule has 0 bridgehead atoms. The fourth-order valence-corrected chi connectivity index (χ4v) is 4.84. The largest absolute Gasteiger partial charge is 0.422 e. The highest BCUT2D eigenvalue weighted by molar-refractivity contribution is 7.98. The molecule has 0 aliphatic heterocycles. The number of amides is 2. The molecule has 1 saturated carbocycles. The lowest BCUT2D eigenvalue weighted by atomic mass is 9.86. The van der Waals surface area contributed by atoms with Crippen molar-refractivity contribution in [2.75, 3.05) is 18.7 Å². The quantitative estimate of drug-likeness (QED) is 0.182. The Morgan fingerprint density at radius 2 is 1.57 bits per heavy atom. The SMILES string of the molecule is CSCC#C[C@](N[C@@H](CC(C)(C)F)C(=O)NCN)(c1ccc(-c2ccc(C3(C(N)=O)CC3)cc2)cc1)C(F)(F)F. The number of nitrogens with two attached hydrogens (primary N) is 2. The van der Waals surface area contributed by atoms with Crippen LogP contribution in [0.1, 0.15) is 44.2 Å². The molecule has 216 valence electrons. The first-order valence-corrected chi connectivity index (χ1v) is 14.1. The van der Waals surface area contributed by atoms with Crippen LogP contribution in [0.5, 0.6) is 0 Å². The van der Waals surface area contributed by atoms with Crippen molar-refractivity contribution >= 4 is 23.6 Å². The lowest BCUT2D eigenvalue weighted by molar-refractivity contribution is -0.185. The Morgan fingerprint density at radius 1 is 1.02 bits per heavy atom. The van der Waals surface area contributed by atoms with E-state index >= 15 is 0 Å². The first-order chi connectivity index (χ1) is 18.7. The molecule has 2 aromatic carbocycles. The van der Waals surface area contributed by atoms with Gasteiger partial charge in [0.1, 0.15) is 5.67 Å². The predicted octanol–water partition coefficient (Wildman–Crippen LogP) is 4.12. The van der Waals surface area contributed by atoms with Gasteiger partial charge in [-0.25, -0.2) is 4.39 Å². The molecule has 0 saturated heterocycles. The Balaban J connectivity index is 2.04. The van der Waals surface area contributed by atoms with Crippen molar-refractivity contribution in [3.8, 4) is 23.0 Å². The summed E-state index contributed by atoms with van der Waals surface area (Å²) in [6, 6.07) is 11.2. The molecule has 0 spiro atoms. The fourth-order valence-electron chi connectivity index (χ4n) is 4.63. The van der Waals surface area contributed by atoms with Crippen LogP contribution in [0.25, 0.3) is 11.1 Å². The summed E-state index contributed by atoms with van der Waals surface area (Å²) in [5.41, 5.74) is 7.29. The molecule has 0 heterocycles. The molecule has 2 amide bonds. The molecule has 1 aliphatic rings. The molecular formula is C29H34F4N4O2S. The number of nitrogens with one attached hydrogen (secondary N) is 2. The number of hydrogen-bond acceptors (Lipinski definition) is 5. The number of thioether (sulfide) groups is 1. The maximum absolute atomic E-state index is 14.9. The van der Waals surface area contributed by atoms with E-state index in [1.807, 2.05) is 0 Å². The minimum absolute atomic E-state index is 0.116. The number of benzene rings is 2. The fraction of sp³-hybridized carbons (Fsp3) is 0.448. The summed E-state index contributed by atoms with van der Waals surface area (Å²) in [5, 5.41) is 4.64. The van der Waals surface area contributed by atoms with Crippen LogP contribution in [0.4, 0.5) is 17.6 Å². The van der Waals surface area contributed by atoms with Gasteiger partial charge in [0.2, 0.25) is 17.4 Å². The molecule has 0 aromatic heterocycles. The van der Waals surface area contributed by atoms with E-state index in [-0.39, 0.29) is 23.9 Å². The summed E-state index contributed by atoms with van der Waals surface area (Å²) in [5.74, 6) is 3.74. The number of rotatable bonds is 11. The van der Waals surface area contributed by atoms with E-state index in [0.717, 1.165) is 11.1 Å². The summed E-state index contributed by atoms with van der Waals surface area (Å²) in [7, 11) is 0. The third kappa shape index (κ3) is 6.97. The van der Waals surface area contributed by atoms with Gasteiger partial charge in [0.25, 0.3) is 0 Å². The molecule has 40 heavy (non-hydrogen) atoms. The van der Waals surface area contributed by atoms with Crippen molar-refractivity contribution in [3.63, 3.8) is 0 Å². The lowest BCUT2D eigenvalue weighted by Gasteiger charge is -2.37. The molecule has 6 N–H and O–H groups in total. The standard InChI is InChI=1S/C29H34F4N4O2S/c1-26(2,30)17-23(24(38)36-18-34)37-28(29(31,32)33,13-4-16-40-3)22-11-7-20(8-12-22)19-5-9-21(10-6-19)27(14-15-27)25(35)39/h5-12,23,37H,14-18,34H2,1-3H3,(H2,35,39)(H,36,38)/t23-,28-/m0/s1. The highest BCUT2D eigenvalue weighted by atomic mass is 32.2. The molecule has 11 heteroatoms. The molecule has 1 aliphatic carbocycles. The lowest BCUT2D eigenvalue weighted by Crippen LogP contribution is -2.61. The van der Waals surface area contributed by atoms with Gasteiger partial charge in [-0.15, -0.1) is 0 Å². The first-order valence-electron chi connectivity index (χ1n) is 12.7. The van der Waals surface area contributed by atoms with Crippen LogP contribution in [0.2, 0.25) is 0 Å². The Kier molecular flexibility index (Phi) is 9.60. The number of halogens is 4. The molecule has 3 rings (SSSR count). The molecule has 1 fully saturated rings. The normalized spacial score (nSPS) is 16.7. The van der Waals surface area contributed by atoms with E-state index in [4.69, 9.17) is 11.5 Å². The van der Waals surface area contributed by atoms with Gasteiger partial charge in [-0.3, -0.25) is 14.9 Å². The number of carbonyl (C=O) groups excluding carboxylic acids is 2. The van der Waals surface area contributed by atoms with Crippen molar-refractivity contribution in [2.24, 2.45) is 11.5 Å². The van der Waals surface area contributed by atoms with Gasteiger partial charge >= 0.3 is 6.18 Å². The minimum Gasteiger partial charge on any atom is -0.369 e.